The quantitative estimate of drug-likeness (QED) is 0.834. The Morgan fingerprint density at radius 2 is 2.00 bits per heavy atom. The zero-order valence-corrected chi connectivity index (χ0v) is 12.5. The van der Waals surface area contributed by atoms with E-state index in [1.165, 1.54) is 0 Å². The lowest BCUT2D eigenvalue weighted by Gasteiger charge is -2.21. The van der Waals surface area contributed by atoms with Crippen LogP contribution in [0.4, 0.5) is 0 Å². The van der Waals surface area contributed by atoms with Crippen LogP contribution >= 0.6 is 11.3 Å². The van der Waals surface area contributed by atoms with E-state index in [1.807, 2.05) is 34.6 Å². The number of carboxylic acid groups (broad SMARTS) is 1. The maximum absolute atomic E-state index is 11.2. The zero-order valence-electron chi connectivity index (χ0n) is 11.7. The molecular weight excluding hydrogens is 248 g/mol. The van der Waals surface area contributed by atoms with Gasteiger partial charge in [-0.15, -0.1) is 11.3 Å². The molecule has 102 valence electrons. The molecule has 1 rings (SSSR count). The van der Waals surface area contributed by atoms with Gasteiger partial charge in [-0.25, -0.2) is 4.98 Å². The van der Waals surface area contributed by atoms with Crippen molar-refractivity contribution in [3.8, 4) is 0 Å². The summed E-state index contributed by atoms with van der Waals surface area (Å²) in [5.74, 6) is -0.426. The first-order chi connectivity index (χ1) is 8.31. The number of carboxylic acids is 1. The molecule has 2 N–H and O–H groups in total. The summed E-state index contributed by atoms with van der Waals surface area (Å²) in [6, 6.07) is -0.474. The second-order valence-electron chi connectivity index (χ2n) is 5.09. The van der Waals surface area contributed by atoms with Crippen LogP contribution < -0.4 is 5.32 Å². The van der Waals surface area contributed by atoms with Crippen LogP contribution in [0.15, 0.2) is 0 Å². The number of aromatic nitrogens is 1. The van der Waals surface area contributed by atoms with Crippen LogP contribution in [0, 0.1) is 19.8 Å². The number of carbonyl (C=O) groups is 1. The summed E-state index contributed by atoms with van der Waals surface area (Å²) < 4.78 is 0. The molecule has 4 nitrogen and oxygen atoms in total. The van der Waals surface area contributed by atoms with E-state index >= 15 is 0 Å². The van der Waals surface area contributed by atoms with Gasteiger partial charge in [-0.05, 0) is 33.1 Å². The second kappa shape index (κ2) is 6.29. The van der Waals surface area contributed by atoms with Gasteiger partial charge in [0.25, 0.3) is 0 Å². The van der Waals surface area contributed by atoms with E-state index in [-0.39, 0.29) is 6.04 Å². The highest BCUT2D eigenvalue weighted by atomic mass is 32.1. The Morgan fingerprint density at radius 3 is 2.39 bits per heavy atom. The molecule has 0 aromatic carbocycles. The monoisotopic (exact) mass is 270 g/mol. The van der Waals surface area contributed by atoms with E-state index in [9.17, 15) is 9.90 Å². The van der Waals surface area contributed by atoms with Gasteiger partial charge in [0.05, 0.1) is 10.7 Å². The fourth-order valence-corrected chi connectivity index (χ4v) is 2.98. The average Bonchev–Trinajstić information content (AvgIpc) is 2.56. The fraction of sp³-hybridized carbons (Fsp3) is 0.692. The first-order valence-corrected chi connectivity index (χ1v) is 7.05. The molecule has 0 aliphatic carbocycles. The number of rotatable bonds is 6. The van der Waals surface area contributed by atoms with Crippen molar-refractivity contribution < 1.29 is 9.90 Å². The topological polar surface area (TPSA) is 62.2 Å². The van der Waals surface area contributed by atoms with Crippen molar-refractivity contribution in [2.45, 2.75) is 53.1 Å². The van der Waals surface area contributed by atoms with Crippen LogP contribution in [0.25, 0.3) is 0 Å². The molecule has 2 atom stereocenters. The van der Waals surface area contributed by atoms with Crippen molar-refractivity contribution in [1.29, 1.82) is 0 Å². The van der Waals surface area contributed by atoms with Crippen LogP contribution in [0.3, 0.4) is 0 Å². The second-order valence-corrected chi connectivity index (χ2v) is 6.33. The lowest BCUT2D eigenvalue weighted by molar-refractivity contribution is -0.140. The lowest BCUT2D eigenvalue weighted by Crippen LogP contribution is -2.39. The minimum atomic E-state index is -0.783. The van der Waals surface area contributed by atoms with E-state index < -0.39 is 12.0 Å². The predicted molar refractivity (Wildman–Crippen MR) is 74.0 cm³/mol. The van der Waals surface area contributed by atoms with Crippen LogP contribution in [0.1, 0.15) is 48.8 Å². The van der Waals surface area contributed by atoms with Crippen molar-refractivity contribution >= 4 is 17.3 Å². The minimum Gasteiger partial charge on any atom is -0.480 e. The molecule has 5 heteroatoms. The maximum Gasteiger partial charge on any atom is 0.320 e. The molecule has 0 aliphatic rings. The number of aryl methyl sites for hydroxylation is 2. The molecule has 0 aliphatic heterocycles. The van der Waals surface area contributed by atoms with Gasteiger partial charge in [0.2, 0.25) is 0 Å². The van der Waals surface area contributed by atoms with Gasteiger partial charge in [0.1, 0.15) is 6.04 Å². The summed E-state index contributed by atoms with van der Waals surface area (Å²) in [7, 11) is 0. The van der Waals surface area contributed by atoms with Gasteiger partial charge in [-0.1, -0.05) is 13.8 Å². The summed E-state index contributed by atoms with van der Waals surface area (Å²) in [4.78, 5) is 16.7. The SMILES string of the molecule is Cc1nc(C)c(C(C)NC(CC(C)C)C(=O)O)s1. The number of nitrogens with zero attached hydrogens (tertiary/aromatic N) is 1. The summed E-state index contributed by atoms with van der Waals surface area (Å²) in [6.45, 7) is 10.00. The van der Waals surface area contributed by atoms with Gasteiger partial charge in [0, 0.05) is 10.9 Å². The summed E-state index contributed by atoms with van der Waals surface area (Å²) >= 11 is 1.63. The number of hydrogen-bond donors (Lipinski definition) is 2. The van der Waals surface area contributed by atoms with E-state index in [0.29, 0.717) is 12.3 Å². The van der Waals surface area contributed by atoms with Gasteiger partial charge >= 0.3 is 5.97 Å². The largest absolute Gasteiger partial charge is 0.480 e. The summed E-state index contributed by atoms with van der Waals surface area (Å²) in [5, 5.41) is 13.4. The zero-order chi connectivity index (χ0) is 13.9. The standard InChI is InChI=1S/C13H22N2O2S/c1-7(2)6-11(13(16)17)15-9(4)12-8(3)14-10(5)18-12/h7,9,11,15H,6H2,1-5H3,(H,16,17). The molecule has 1 aromatic rings. The van der Waals surface area contributed by atoms with Crippen LogP contribution in [0.5, 0.6) is 0 Å². The highest BCUT2D eigenvalue weighted by molar-refractivity contribution is 7.11. The molecule has 0 radical (unpaired) electrons. The van der Waals surface area contributed by atoms with Crippen LogP contribution in [-0.2, 0) is 4.79 Å². The number of aliphatic carboxylic acids is 1. The molecule has 1 aromatic heterocycles. The Hall–Kier alpha value is -0.940. The predicted octanol–water partition coefficient (Wildman–Crippen LogP) is 2.91. The molecule has 0 saturated carbocycles. The Bertz CT molecular complexity index is 415. The molecule has 0 saturated heterocycles. The van der Waals surface area contributed by atoms with Gasteiger partial charge in [-0.3, -0.25) is 10.1 Å². The number of hydrogen-bond acceptors (Lipinski definition) is 4. The van der Waals surface area contributed by atoms with Crippen molar-refractivity contribution in [2.75, 3.05) is 0 Å². The molecule has 0 amide bonds. The Balaban J connectivity index is 2.75. The number of thiazole rings is 1. The summed E-state index contributed by atoms with van der Waals surface area (Å²) in [5.41, 5.74) is 0.992. The maximum atomic E-state index is 11.2. The Kier molecular flexibility index (Phi) is 5.28. The smallest absolute Gasteiger partial charge is 0.320 e. The van der Waals surface area contributed by atoms with E-state index in [4.69, 9.17) is 0 Å². The Labute approximate surface area is 112 Å². The van der Waals surface area contributed by atoms with Crippen molar-refractivity contribution in [3.05, 3.63) is 15.6 Å². The van der Waals surface area contributed by atoms with E-state index in [1.54, 1.807) is 11.3 Å². The molecular formula is C13H22N2O2S. The first-order valence-electron chi connectivity index (χ1n) is 6.24. The van der Waals surface area contributed by atoms with E-state index in [0.717, 1.165) is 15.6 Å². The molecule has 0 spiro atoms. The molecule has 2 unspecified atom stereocenters. The van der Waals surface area contributed by atoms with Crippen molar-refractivity contribution in [1.82, 2.24) is 10.3 Å². The molecule has 0 fully saturated rings. The van der Waals surface area contributed by atoms with Gasteiger partial charge in [-0.2, -0.15) is 0 Å². The Morgan fingerprint density at radius 1 is 1.39 bits per heavy atom. The van der Waals surface area contributed by atoms with Crippen molar-refractivity contribution in [2.24, 2.45) is 5.92 Å². The fourth-order valence-electron chi connectivity index (χ4n) is 2.04. The third-order valence-electron chi connectivity index (χ3n) is 2.79. The lowest BCUT2D eigenvalue weighted by atomic mass is 10.0. The average molecular weight is 270 g/mol. The number of nitrogens with one attached hydrogen (secondary N) is 1. The van der Waals surface area contributed by atoms with Crippen LogP contribution in [-0.4, -0.2) is 22.1 Å². The van der Waals surface area contributed by atoms with Crippen LogP contribution in [0.2, 0.25) is 0 Å². The third kappa shape index (κ3) is 4.07. The van der Waals surface area contributed by atoms with Crippen molar-refractivity contribution in [3.63, 3.8) is 0 Å². The molecule has 0 bridgehead atoms. The summed E-state index contributed by atoms with van der Waals surface area (Å²) in [6.07, 6.45) is 0.635. The highest BCUT2D eigenvalue weighted by Crippen LogP contribution is 2.25. The normalized spacial score (nSPS) is 14.8. The first kappa shape index (κ1) is 15.1. The minimum absolute atomic E-state index is 0.0241. The third-order valence-corrected chi connectivity index (χ3v) is 4.04. The molecule has 1 heterocycles. The van der Waals surface area contributed by atoms with E-state index in [2.05, 4.69) is 10.3 Å². The van der Waals surface area contributed by atoms with Gasteiger partial charge < -0.3 is 5.11 Å². The molecule has 18 heavy (non-hydrogen) atoms. The highest BCUT2D eigenvalue weighted by Gasteiger charge is 2.23. The van der Waals surface area contributed by atoms with Gasteiger partial charge in [0.15, 0.2) is 0 Å².